The van der Waals surface area contributed by atoms with E-state index in [9.17, 15) is 14.4 Å². The Bertz CT molecular complexity index is 1070. The molecule has 0 bridgehead atoms. The summed E-state index contributed by atoms with van der Waals surface area (Å²) in [6.07, 6.45) is 6.02. The Morgan fingerprint density at radius 3 is 2.35 bits per heavy atom. The van der Waals surface area contributed by atoms with E-state index in [0.29, 0.717) is 22.9 Å². The highest BCUT2D eigenvalue weighted by Gasteiger charge is 2.27. The highest BCUT2D eigenvalue weighted by Crippen LogP contribution is 2.35. The number of pyridine rings is 1. The van der Waals surface area contributed by atoms with E-state index in [-0.39, 0.29) is 23.1 Å². The van der Waals surface area contributed by atoms with Crippen LogP contribution in [0.2, 0.25) is 0 Å². The van der Waals surface area contributed by atoms with Gasteiger partial charge in [-0.1, -0.05) is 0 Å². The Hall–Kier alpha value is -2.48. The van der Waals surface area contributed by atoms with Crippen LogP contribution >= 0.6 is 0 Å². The molecule has 2 aromatic heterocycles. The predicted octanol–water partition coefficient (Wildman–Crippen LogP) is 1.36. The molecule has 0 aromatic carbocycles. The predicted molar refractivity (Wildman–Crippen MR) is 120 cm³/mol. The minimum absolute atomic E-state index is 0.161. The average molecular weight is 428 g/mol. The summed E-state index contributed by atoms with van der Waals surface area (Å²) >= 11 is 0. The number of carbonyl (C=O) groups excluding carboxylic acids is 1. The molecular formula is C23H33N5O3. The highest BCUT2D eigenvalue weighted by molar-refractivity contribution is 5.78. The number of nitrogens with one attached hydrogen (secondary N) is 1. The van der Waals surface area contributed by atoms with Crippen LogP contribution in [0.5, 0.6) is 0 Å². The van der Waals surface area contributed by atoms with Gasteiger partial charge >= 0.3 is 5.69 Å². The lowest BCUT2D eigenvalue weighted by Crippen LogP contribution is -2.40. The number of hydrogen-bond acceptors (Lipinski definition) is 5. The minimum atomic E-state index is -0.355. The van der Waals surface area contributed by atoms with E-state index in [0.717, 1.165) is 68.4 Å². The molecule has 168 valence electrons. The van der Waals surface area contributed by atoms with Crippen molar-refractivity contribution in [2.24, 2.45) is 25.9 Å². The summed E-state index contributed by atoms with van der Waals surface area (Å²) in [5, 5.41) is 3.66. The number of piperidine rings is 1. The number of nitrogens with zero attached hydrogens (tertiary/aromatic N) is 4. The number of carbonyl (C=O) groups is 1. The lowest BCUT2D eigenvalue weighted by Gasteiger charge is -2.30. The van der Waals surface area contributed by atoms with Crippen molar-refractivity contribution >= 4 is 16.9 Å². The summed E-state index contributed by atoms with van der Waals surface area (Å²) in [5.41, 5.74) is 0.745. The standard InChI is InChI=1S/C23H33N5O3/c1-26-12-10-17(11-13-26)21(29)24-14-15-4-6-16(7-5-15)19-9-8-18-20(25-19)27(2)23(31)28(3)22(18)30/h8-9,15-17H,4-7,10-14H2,1-3H3,(H,24,29). The Labute approximate surface area is 182 Å². The first-order valence-electron chi connectivity index (χ1n) is 11.4. The largest absolute Gasteiger partial charge is 0.356 e. The maximum Gasteiger partial charge on any atom is 0.332 e. The van der Waals surface area contributed by atoms with Crippen molar-refractivity contribution in [1.29, 1.82) is 0 Å². The van der Waals surface area contributed by atoms with Gasteiger partial charge in [-0.15, -0.1) is 0 Å². The number of rotatable bonds is 4. The molecule has 1 N–H and O–H groups in total. The SMILES string of the molecule is CN1CCC(C(=O)NCC2CCC(c3ccc4c(=O)n(C)c(=O)n(C)c4n3)CC2)CC1. The monoisotopic (exact) mass is 427 g/mol. The fourth-order valence-electron chi connectivity index (χ4n) is 5.02. The Morgan fingerprint density at radius 1 is 1.00 bits per heavy atom. The molecule has 0 unspecified atom stereocenters. The molecule has 8 nitrogen and oxygen atoms in total. The van der Waals surface area contributed by atoms with Gasteiger partial charge < -0.3 is 10.2 Å². The lowest BCUT2D eigenvalue weighted by molar-refractivity contribution is -0.126. The molecule has 1 aliphatic carbocycles. The van der Waals surface area contributed by atoms with Gasteiger partial charge in [0.05, 0.1) is 5.39 Å². The van der Waals surface area contributed by atoms with Gasteiger partial charge in [0.25, 0.3) is 5.56 Å². The summed E-state index contributed by atoms with van der Waals surface area (Å²) in [6.45, 7) is 2.76. The number of likely N-dealkylation sites (tertiary alicyclic amines) is 1. The molecular weight excluding hydrogens is 394 g/mol. The average Bonchev–Trinajstić information content (AvgIpc) is 2.80. The second-order valence-electron chi connectivity index (χ2n) is 9.35. The van der Waals surface area contributed by atoms with Crippen LogP contribution < -0.4 is 16.6 Å². The summed E-state index contributed by atoms with van der Waals surface area (Å²) in [5.74, 6) is 1.20. The van der Waals surface area contributed by atoms with Crippen molar-refractivity contribution in [3.63, 3.8) is 0 Å². The maximum absolute atomic E-state index is 12.5. The molecule has 0 atom stereocenters. The van der Waals surface area contributed by atoms with Gasteiger partial charge in [-0.3, -0.25) is 18.7 Å². The van der Waals surface area contributed by atoms with Crippen LogP contribution in [-0.2, 0) is 18.9 Å². The van der Waals surface area contributed by atoms with Crippen LogP contribution in [0.4, 0.5) is 0 Å². The number of fused-ring (bicyclic) bond motifs is 1. The van der Waals surface area contributed by atoms with E-state index in [1.807, 2.05) is 6.07 Å². The van der Waals surface area contributed by atoms with Crippen molar-refractivity contribution in [3.05, 3.63) is 38.7 Å². The van der Waals surface area contributed by atoms with Crippen LogP contribution in [0.15, 0.2) is 21.7 Å². The molecule has 0 spiro atoms. The topological polar surface area (TPSA) is 89.2 Å². The fourth-order valence-corrected chi connectivity index (χ4v) is 5.02. The first kappa shape index (κ1) is 21.7. The Balaban J connectivity index is 1.35. The number of hydrogen-bond donors (Lipinski definition) is 1. The maximum atomic E-state index is 12.5. The highest BCUT2D eigenvalue weighted by atomic mass is 16.2. The minimum Gasteiger partial charge on any atom is -0.356 e. The molecule has 1 amide bonds. The van der Waals surface area contributed by atoms with E-state index in [1.165, 1.54) is 11.6 Å². The molecule has 8 heteroatoms. The first-order chi connectivity index (χ1) is 14.8. The van der Waals surface area contributed by atoms with Crippen LogP contribution in [0.25, 0.3) is 11.0 Å². The van der Waals surface area contributed by atoms with E-state index < -0.39 is 0 Å². The van der Waals surface area contributed by atoms with Gasteiger partial charge in [0.15, 0.2) is 0 Å². The molecule has 2 aromatic rings. The van der Waals surface area contributed by atoms with Crippen molar-refractivity contribution in [1.82, 2.24) is 24.3 Å². The third kappa shape index (κ3) is 4.44. The second kappa shape index (κ2) is 8.94. The third-order valence-corrected chi connectivity index (χ3v) is 7.24. The first-order valence-corrected chi connectivity index (χ1v) is 11.4. The van der Waals surface area contributed by atoms with E-state index in [1.54, 1.807) is 13.1 Å². The summed E-state index contributed by atoms with van der Waals surface area (Å²) < 4.78 is 2.57. The quantitative estimate of drug-likeness (QED) is 0.796. The molecule has 0 radical (unpaired) electrons. The fraction of sp³-hybridized carbons (Fsp3) is 0.652. The van der Waals surface area contributed by atoms with Gasteiger partial charge in [-0.25, -0.2) is 9.78 Å². The summed E-state index contributed by atoms with van der Waals surface area (Å²) in [4.78, 5) is 44.1. The normalized spacial score (nSPS) is 23.2. The lowest BCUT2D eigenvalue weighted by atomic mass is 9.80. The van der Waals surface area contributed by atoms with Gasteiger partial charge in [0.2, 0.25) is 5.91 Å². The number of aromatic nitrogens is 3. The molecule has 2 fully saturated rings. The van der Waals surface area contributed by atoms with Crippen molar-refractivity contribution < 1.29 is 4.79 Å². The zero-order chi connectivity index (χ0) is 22.1. The van der Waals surface area contributed by atoms with E-state index in [2.05, 4.69) is 17.3 Å². The second-order valence-corrected chi connectivity index (χ2v) is 9.35. The smallest absolute Gasteiger partial charge is 0.332 e. The zero-order valence-corrected chi connectivity index (χ0v) is 18.8. The Morgan fingerprint density at radius 2 is 1.68 bits per heavy atom. The van der Waals surface area contributed by atoms with Crippen LogP contribution in [0.1, 0.15) is 50.1 Å². The van der Waals surface area contributed by atoms with Crippen molar-refractivity contribution in [2.75, 3.05) is 26.7 Å². The summed E-state index contributed by atoms with van der Waals surface area (Å²) in [7, 11) is 5.26. The Kier molecular flexibility index (Phi) is 6.27. The van der Waals surface area contributed by atoms with Crippen LogP contribution in [0, 0.1) is 11.8 Å². The zero-order valence-electron chi connectivity index (χ0n) is 18.8. The number of amides is 1. The third-order valence-electron chi connectivity index (χ3n) is 7.24. The molecule has 3 heterocycles. The molecule has 1 saturated heterocycles. The van der Waals surface area contributed by atoms with Gasteiger partial charge in [0.1, 0.15) is 5.65 Å². The van der Waals surface area contributed by atoms with Gasteiger partial charge in [0, 0.05) is 38.2 Å². The molecule has 1 aliphatic heterocycles. The van der Waals surface area contributed by atoms with Crippen LogP contribution in [0.3, 0.4) is 0 Å². The summed E-state index contributed by atoms with van der Waals surface area (Å²) in [6, 6.07) is 3.73. The van der Waals surface area contributed by atoms with Crippen molar-refractivity contribution in [3.8, 4) is 0 Å². The molecule has 4 rings (SSSR count). The van der Waals surface area contributed by atoms with Crippen molar-refractivity contribution in [2.45, 2.75) is 44.4 Å². The molecule has 1 saturated carbocycles. The molecule has 2 aliphatic rings. The molecule has 31 heavy (non-hydrogen) atoms. The number of aryl methyl sites for hydroxylation is 1. The van der Waals surface area contributed by atoms with Gasteiger partial charge in [-0.05, 0) is 76.7 Å². The van der Waals surface area contributed by atoms with E-state index >= 15 is 0 Å². The van der Waals surface area contributed by atoms with Crippen LogP contribution in [-0.4, -0.2) is 51.6 Å². The van der Waals surface area contributed by atoms with E-state index in [4.69, 9.17) is 4.98 Å². The van der Waals surface area contributed by atoms with Gasteiger partial charge in [-0.2, -0.15) is 0 Å².